The molecule has 0 radical (unpaired) electrons. The smallest absolute Gasteiger partial charge is 0.0646 e. The van der Waals surface area contributed by atoms with Crippen molar-refractivity contribution in [2.75, 3.05) is 23.3 Å². The minimum Gasteiger partial charge on any atom is -0.383 e. The highest BCUT2D eigenvalue weighted by molar-refractivity contribution is 5.78. The second-order valence-corrected chi connectivity index (χ2v) is 4.93. The van der Waals surface area contributed by atoms with Crippen LogP contribution < -0.4 is 10.2 Å². The molecule has 2 heteroatoms. The second-order valence-electron chi connectivity index (χ2n) is 4.93. The summed E-state index contributed by atoms with van der Waals surface area (Å²) in [6.45, 7) is 4.34. The van der Waals surface area contributed by atoms with Gasteiger partial charge in [-0.1, -0.05) is 37.3 Å². The molecule has 2 nitrogen and oxygen atoms in total. The van der Waals surface area contributed by atoms with Gasteiger partial charge in [0.25, 0.3) is 0 Å². The predicted octanol–water partition coefficient (Wildman–Crippen LogP) is 4.20. The van der Waals surface area contributed by atoms with Gasteiger partial charge in [0.15, 0.2) is 0 Å². The average Bonchev–Trinajstić information content (AvgIpc) is 2.69. The van der Waals surface area contributed by atoms with Gasteiger partial charge in [-0.25, -0.2) is 0 Å². The fourth-order valence-electron chi connectivity index (χ4n) is 2.76. The van der Waals surface area contributed by atoms with Crippen molar-refractivity contribution in [3.05, 3.63) is 54.1 Å². The van der Waals surface area contributed by atoms with Crippen LogP contribution in [-0.2, 0) is 6.42 Å². The molecular formula is C17H20N2. The number of fused-ring (bicyclic) bond motifs is 1. The summed E-state index contributed by atoms with van der Waals surface area (Å²) in [6, 6.07) is 17.3. The molecule has 0 aliphatic carbocycles. The van der Waals surface area contributed by atoms with E-state index in [2.05, 4.69) is 65.7 Å². The fraction of sp³-hybridized carbons (Fsp3) is 0.294. The molecule has 0 bridgehead atoms. The van der Waals surface area contributed by atoms with E-state index < -0.39 is 0 Å². The van der Waals surface area contributed by atoms with Crippen LogP contribution in [0.3, 0.4) is 0 Å². The summed E-state index contributed by atoms with van der Waals surface area (Å²) >= 11 is 0. The lowest BCUT2D eigenvalue weighted by Crippen LogP contribution is -2.19. The number of aryl methyl sites for hydroxylation is 1. The summed E-state index contributed by atoms with van der Waals surface area (Å²) in [7, 11) is 0. The highest BCUT2D eigenvalue weighted by atomic mass is 15.2. The molecule has 1 N–H and O–H groups in total. The molecule has 0 atom stereocenters. The van der Waals surface area contributed by atoms with Crippen molar-refractivity contribution >= 4 is 17.1 Å². The Balaban J connectivity index is 2.09. The first-order valence-electron chi connectivity index (χ1n) is 7.08. The topological polar surface area (TPSA) is 15.3 Å². The summed E-state index contributed by atoms with van der Waals surface area (Å²) in [5.74, 6) is 0. The van der Waals surface area contributed by atoms with E-state index in [0.717, 1.165) is 25.9 Å². The van der Waals surface area contributed by atoms with Gasteiger partial charge in [0.2, 0.25) is 0 Å². The third-order valence-corrected chi connectivity index (χ3v) is 3.73. The van der Waals surface area contributed by atoms with Crippen molar-refractivity contribution < 1.29 is 0 Å². The summed E-state index contributed by atoms with van der Waals surface area (Å²) in [6.07, 6.45) is 2.23. The molecule has 0 amide bonds. The SMILES string of the molecule is CCc1ccccc1N1CCCNc2ccccc21. The first-order valence-corrected chi connectivity index (χ1v) is 7.08. The number of hydrogen-bond acceptors (Lipinski definition) is 2. The Morgan fingerprint density at radius 3 is 2.58 bits per heavy atom. The van der Waals surface area contributed by atoms with Gasteiger partial charge in [-0.05, 0) is 36.6 Å². The molecule has 0 saturated heterocycles. The van der Waals surface area contributed by atoms with Crippen LogP contribution in [0.2, 0.25) is 0 Å². The summed E-state index contributed by atoms with van der Waals surface area (Å²) in [5.41, 5.74) is 5.30. The van der Waals surface area contributed by atoms with E-state index in [1.54, 1.807) is 0 Å². The number of para-hydroxylation sites is 3. The number of nitrogens with zero attached hydrogens (tertiary/aromatic N) is 1. The third-order valence-electron chi connectivity index (χ3n) is 3.73. The molecule has 3 rings (SSSR count). The molecule has 0 unspecified atom stereocenters. The fourth-order valence-corrected chi connectivity index (χ4v) is 2.76. The zero-order valence-electron chi connectivity index (χ0n) is 11.4. The summed E-state index contributed by atoms with van der Waals surface area (Å²) < 4.78 is 0. The molecule has 0 fully saturated rings. The Morgan fingerprint density at radius 1 is 1.00 bits per heavy atom. The number of benzene rings is 2. The van der Waals surface area contributed by atoms with Crippen molar-refractivity contribution in [1.29, 1.82) is 0 Å². The lowest BCUT2D eigenvalue weighted by molar-refractivity contribution is 0.858. The Morgan fingerprint density at radius 2 is 1.74 bits per heavy atom. The maximum atomic E-state index is 3.52. The molecule has 0 aromatic heterocycles. The number of rotatable bonds is 2. The molecule has 2 aromatic rings. The van der Waals surface area contributed by atoms with Gasteiger partial charge in [-0.2, -0.15) is 0 Å². The van der Waals surface area contributed by atoms with Crippen LogP contribution in [0.25, 0.3) is 0 Å². The van der Waals surface area contributed by atoms with Crippen molar-refractivity contribution in [3.8, 4) is 0 Å². The normalized spacial score (nSPS) is 14.5. The number of nitrogens with one attached hydrogen (secondary N) is 1. The van der Waals surface area contributed by atoms with Crippen LogP contribution in [0.1, 0.15) is 18.9 Å². The number of anilines is 3. The molecule has 0 spiro atoms. The molecule has 19 heavy (non-hydrogen) atoms. The van der Waals surface area contributed by atoms with E-state index in [0.29, 0.717) is 0 Å². The Hall–Kier alpha value is -1.96. The van der Waals surface area contributed by atoms with Crippen LogP contribution in [-0.4, -0.2) is 13.1 Å². The van der Waals surface area contributed by atoms with E-state index in [4.69, 9.17) is 0 Å². The van der Waals surface area contributed by atoms with E-state index in [1.807, 2.05) is 0 Å². The Bertz CT molecular complexity index is 563. The van der Waals surface area contributed by atoms with Gasteiger partial charge in [-0.3, -0.25) is 0 Å². The minimum atomic E-state index is 1.04. The predicted molar refractivity (Wildman–Crippen MR) is 82.4 cm³/mol. The zero-order valence-corrected chi connectivity index (χ0v) is 11.4. The van der Waals surface area contributed by atoms with E-state index in [9.17, 15) is 0 Å². The molecule has 1 heterocycles. The van der Waals surface area contributed by atoms with Gasteiger partial charge in [0, 0.05) is 18.8 Å². The van der Waals surface area contributed by atoms with Crippen molar-refractivity contribution in [2.24, 2.45) is 0 Å². The van der Waals surface area contributed by atoms with Gasteiger partial charge in [-0.15, -0.1) is 0 Å². The molecule has 2 aromatic carbocycles. The molecule has 1 aliphatic heterocycles. The van der Waals surface area contributed by atoms with Crippen LogP contribution in [0.15, 0.2) is 48.5 Å². The Labute approximate surface area is 115 Å². The average molecular weight is 252 g/mol. The first-order chi connectivity index (χ1) is 9.40. The standard InChI is InChI=1S/C17H20N2/c1-2-14-8-3-5-10-16(14)19-13-7-12-18-15-9-4-6-11-17(15)19/h3-6,8-11,18H,2,7,12-13H2,1H3. The lowest BCUT2D eigenvalue weighted by atomic mass is 10.1. The van der Waals surface area contributed by atoms with Crippen LogP contribution in [0, 0.1) is 0 Å². The third kappa shape index (κ3) is 2.30. The van der Waals surface area contributed by atoms with Crippen LogP contribution in [0.4, 0.5) is 17.1 Å². The van der Waals surface area contributed by atoms with Crippen LogP contribution >= 0.6 is 0 Å². The molecule has 1 aliphatic rings. The van der Waals surface area contributed by atoms with Crippen LogP contribution in [0.5, 0.6) is 0 Å². The van der Waals surface area contributed by atoms with E-state index >= 15 is 0 Å². The van der Waals surface area contributed by atoms with Crippen molar-refractivity contribution in [3.63, 3.8) is 0 Å². The summed E-state index contributed by atoms with van der Waals surface area (Å²) in [4.78, 5) is 2.45. The van der Waals surface area contributed by atoms with Gasteiger partial charge in [0.05, 0.1) is 11.4 Å². The minimum absolute atomic E-state index is 1.04. The van der Waals surface area contributed by atoms with Gasteiger partial charge < -0.3 is 10.2 Å². The number of hydrogen-bond donors (Lipinski definition) is 1. The largest absolute Gasteiger partial charge is 0.383 e. The van der Waals surface area contributed by atoms with Crippen molar-refractivity contribution in [2.45, 2.75) is 19.8 Å². The monoisotopic (exact) mass is 252 g/mol. The summed E-state index contributed by atoms with van der Waals surface area (Å²) in [5, 5.41) is 3.52. The maximum absolute atomic E-state index is 3.52. The highest BCUT2D eigenvalue weighted by Crippen LogP contribution is 2.35. The van der Waals surface area contributed by atoms with E-state index in [-0.39, 0.29) is 0 Å². The first kappa shape index (κ1) is 12.1. The Kier molecular flexibility index (Phi) is 3.41. The maximum Gasteiger partial charge on any atom is 0.0646 e. The second kappa shape index (κ2) is 5.35. The molecule has 98 valence electrons. The van der Waals surface area contributed by atoms with Gasteiger partial charge in [0.1, 0.15) is 0 Å². The van der Waals surface area contributed by atoms with Gasteiger partial charge >= 0.3 is 0 Å². The molecular weight excluding hydrogens is 232 g/mol. The highest BCUT2D eigenvalue weighted by Gasteiger charge is 2.17. The quantitative estimate of drug-likeness (QED) is 0.861. The molecule has 0 saturated carbocycles. The van der Waals surface area contributed by atoms with E-state index in [1.165, 1.54) is 22.6 Å². The zero-order chi connectivity index (χ0) is 13.1. The van der Waals surface area contributed by atoms with Crippen molar-refractivity contribution in [1.82, 2.24) is 0 Å². The lowest BCUT2D eigenvalue weighted by Gasteiger charge is -2.26.